The first-order chi connectivity index (χ1) is 6.22. The van der Waals surface area contributed by atoms with Crippen molar-refractivity contribution in [3.63, 3.8) is 0 Å². The fourth-order valence-corrected chi connectivity index (χ4v) is 1.11. The van der Waals surface area contributed by atoms with E-state index < -0.39 is 26.4 Å². The number of phosphoric ester groups is 1. The maximum Gasteiger partial charge on any atom is 0.469 e. The van der Waals surface area contributed by atoms with E-state index >= 15 is 0 Å². The zero-order chi connectivity index (χ0) is 11.4. The minimum Gasteiger partial charge on any atom is -0.480 e. The zero-order valence-electron chi connectivity index (χ0n) is 7.88. The molecule has 0 saturated heterocycles. The first kappa shape index (κ1) is 13.5. The van der Waals surface area contributed by atoms with Gasteiger partial charge < -0.3 is 20.2 Å². The van der Waals surface area contributed by atoms with Gasteiger partial charge in [0.25, 0.3) is 0 Å². The molecule has 84 valence electrons. The van der Waals surface area contributed by atoms with Crippen LogP contribution in [0.1, 0.15) is 13.8 Å². The standard InChI is InChI=1S/C6H14NO6P/c1-4(2)7-5(6(8)9)3-13-14(10,11)12/h4-5,7H,3H2,1-2H3,(H,8,9)(H2,10,11,12)/t5-/m0/s1. The summed E-state index contributed by atoms with van der Waals surface area (Å²) in [7, 11) is -4.61. The molecule has 0 aromatic rings. The second kappa shape index (κ2) is 5.43. The SMILES string of the molecule is CC(C)N[C@@H](COP(=O)(O)O)C(=O)O. The van der Waals surface area contributed by atoms with Crippen molar-refractivity contribution in [2.24, 2.45) is 0 Å². The smallest absolute Gasteiger partial charge is 0.469 e. The maximum atomic E-state index is 10.6. The predicted molar refractivity (Wildman–Crippen MR) is 47.7 cm³/mol. The van der Waals surface area contributed by atoms with Crippen LogP contribution in [-0.2, 0) is 13.9 Å². The molecule has 0 radical (unpaired) electrons. The molecule has 0 bridgehead atoms. The predicted octanol–water partition coefficient (Wildman–Crippen LogP) is -0.453. The van der Waals surface area contributed by atoms with Crippen molar-refractivity contribution in [1.29, 1.82) is 0 Å². The Balaban J connectivity index is 4.11. The van der Waals surface area contributed by atoms with Gasteiger partial charge in [0.2, 0.25) is 0 Å². The number of hydrogen-bond donors (Lipinski definition) is 4. The molecule has 0 fully saturated rings. The molecule has 0 amide bonds. The van der Waals surface area contributed by atoms with Crippen LogP contribution < -0.4 is 5.32 Å². The number of carboxylic acid groups (broad SMARTS) is 1. The Hall–Kier alpha value is -0.460. The molecule has 0 aliphatic rings. The van der Waals surface area contributed by atoms with E-state index in [4.69, 9.17) is 14.9 Å². The molecule has 0 aliphatic carbocycles. The number of rotatable bonds is 6. The van der Waals surface area contributed by atoms with Gasteiger partial charge in [0.15, 0.2) is 0 Å². The van der Waals surface area contributed by atoms with E-state index in [9.17, 15) is 9.36 Å². The topological polar surface area (TPSA) is 116 Å². The lowest BCUT2D eigenvalue weighted by Crippen LogP contribution is -2.43. The summed E-state index contributed by atoms with van der Waals surface area (Å²) in [5, 5.41) is 11.2. The van der Waals surface area contributed by atoms with E-state index in [2.05, 4.69) is 9.84 Å². The van der Waals surface area contributed by atoms with Gasteiger partial charge in [-0.1, -0.05) is 13.8 Å². The monoisotopic (exact) mass is 227 g/mol. The third-order valence-corrected chi connectivity index (χ3v) is 1.73. The Bertz CT molecular complexity index is 236. The van der Waals surface area contributed by atoms with Crippen molar-refractivity contribution >= 4 is 13.8 Å². The molecular formula is C6H14NO6P. The van der Waals surface area contributed by atoms with Crippen LogP contribution in [0.5, 0.6) is 0 Å². The molecule has 8 heteroatoms. The van der Waals surface area contributed by atoms with Crippen LogP contribution in [0.3, 0.4) is 0 Å². The molecule has 0 spiro atoms. The van der Waals surface area contributed by atoms with E-state index in [1.807, 2.05) is 0 Å². The molecule has 4 N–H and O–H groups in total. The van der Waals surface area contributed by atoms with E-state index in [0.717, 1.165) is 0 Å². The Kier molecular flexibility index (Phi) is 5.25. The van der Waals surface area contributed by atoms with Gasteiger partial charge in [0.05, 0.1) is 6.61 Å². The summed E-state index contributed by atoms with van der Waals surface area (Å²) in [6.45, 7) is 2.86. The second-order valence-electron chi connectivity index (χ2n) is 3.00. The van der Waals surface area contributed by atoms with Gasteiger partial charge in [-0.15, -0.1) is 0 Å². The molecule has 0 aromatic carbocycles. The minimum absolute atomic E-state index is 0.114. The van der Waals surface area contributed by atoms with Crippen LogP contribution in [0.25, 0.3) is 0 Å². The van der Waals surface area contributed by atoms with Crippen LogP contribution in [0.4, 0.5) is 0 Å². The molecule has 0 rings (SSSR count). The average Bonchev–Trinajstić information content (AvgIpc) is 1.94. The van der Waals surface area contributed by atoms with Gasteiger partial charge in [0.1, 0.15) is 6.04 Å². The van der Waals surface area contributed by atoms with Crippen molar-refractivity contribution in [3.8, 4) is 0 Å². The van der Waals surface area contributed by atoms with Crippen molar-refractivity contribution in [1.82, 2.24) is 5.32 Å². The summed E-state index contributed by atoms with van der Waals surface area (Å²) in [5.41, 5.74) is 0. The fraction of sp³-hybridized carbons (Fsp3) is 0.833. The molecule has 14 heavy (non-hydrogen) atoms. The summed E-state index contributed by atoms with van der Waals surface area (Å²) in [6.07, 6.45) is 0. The zero-order valence-corrected chi connectivity index (χ0v) is 8.77. The first-order valence-corrected chi connectivity index (χ1v) is 5.44. The van der Waals surface area contributed by atoms with Gasteiger partial charge in [-0.25, -0.2) is 4.57 Å². The quantitative estimate of drug-likeness (QED) is 0.454. The summed E-state index contributed by atoms with van der Waals surface area (Å²) < 4.78 is 14.4. The fourth-order valence-electron chi connectivity index (χ4n) is 0.765. The highest BCUT2D eigenvalue weighted by Crippen LogP contribution is 2.35. The molecular weight excluding hydrogens is 213 g/mol. The molecule has 0 aromatic heterocycles. The summed E-state index contributed by atoms with van der Waals surface area (Å²) >= 11 is 0. The normalized spacial score (nSPS) is 14.4. The number of hydrogen-bond acceptors (Lipinski definition) is 4. The molecule has 7 nitrogen and oxygen atoms in total. The van der Waals surface area contributed by atoms with Gasteiger partial charge in [-0.2, -0.15) is 0 Å². The summed E-state index contributed by atoms with van der Waals surface area (Å²) in [4.78, 5) is 27.3. The van der Waals surface area contributed by atoms with Gasteiger partial charge in [-0.05, 0) is 0 Å². The maximum absolute atomic E-state index is 10.6. The number of nitrogens with one attached hydrogen (secondary N) is 1. The van der Waals surface area contributed by atoms with E-state index in [1.54, 1.807) is 13.8 Å². The van der Waals surface area contributed by atoms with Crippen molar-refractivity contribution in [3.05, 3.63) is 0 Å². The number of aliphatic carboxylic acids is 1. The average molecular weight is 227 g/mol. The molecule has 1 atom stereocenters. The van der Waals surface area contributed by atoms with Crippen molar-refractivity contribution < 1.29 is 28.8 Å². The number of carbonyl (C=O) groups is 1. The Morgan fingerprint density at radius 3 is 2.29 bits per heavy atom. The van der Waals surface area contributed by atoms with E-state index in [-0.39, 0.29) is 6.04 Å². The first-order valence-electron chi connectivity index (χ1n) is 3.91. The summed E-state index contributed by atoms with van der Waals surface area (Å²) in [6, 6.07) is -1.24. The van der Waals surface area contributed by atoms with Crippen molar-refractivity contribution in [2.45, 2.75) is 25.9 Å². The lowest BCUT2D eigenvalue weighted by atomic mass is 10.3. The van der Waals surface area contributed by atoms with Crippen LogP contribution in [0.15, 0.2) is 0 Å². The van der Waals surface area contributed by atoms with Crippen molar-refractivity contribution in [2.75, 3.05) is 6.61 Å². The van der Waals surface area contributed by atoms with Gasteiger partial charge in [-0.3, -0.25) is 9.32 Å². The largest absolute Gasteiger partial charge is 0.480 e. The van der Waals surface area contributed by atoms with Gasteiger partial charge >= 0.3 is 13.8 Å². The van der Waals surface area contributed by atoms with Crippen LogP contribution >= 0.6 is 7.82 Å². The number of phosphoric acid groups is 1. The highest BCUT2D eigenvalue weighted by molar-refractivity contribution is 7.46. The Labute approximate surface area is 81.3 Å². The minimum atomic E-state index is -4.61. The lowest BCUT2D eigenvalue weighted by molar-refractivity contribution is -0.140. The molecule has 0 aliphatic heterocycles. The third-order valence-electron chi connectivity index (χ3n) is 1.24. The Morgan fingerprint density at radius 1 is 1.50 bits per heavy atom. The van der Waals surface area contributed by atoms with Gasteiger partial charge in [0, 0.05) is 6.04 Å². The number of carboxylic acids is 1. The highest BCUT2D eigenvalue weighted by Gasteiger charge is 2.23. The van der Waals surface area contributed by atoms with Crippen LogP contribution in [0, 0.1) is 0 Å². The Morgan fingerprint density at radius 2 is 2.00 bits per heavy atom. The highest BCUT2D eigenvalue weighted by atomic mass is 31.2. The molecule has 0 unspecified atom stereocenters. The molecule has 0 heterocycles. The van der Waals surface area contributed by atoms with E-state index in [1.165, 1.54) is 0 Å². The second-order valence-corrected chi connectivity index (χ2v) is 4.24. The third kappa shape index (κ3) is 6.99. The van der Waals surface area contributed by atoms with Crippen LogP contribution in [0.2, 0.25) is 0 Å². The van der Waals surface area contributed by atoms with E-state index in [0.29, 0.717) is 0 Å². The van der Waals surface area contributed by atoms with Crippen LogP contribution in [-0.4, -0.2) is 39.6 Å². The summed E-state index contributed by atoms with van der Waals surface area (Å²) in [5.74, 6) is -1.22. The lowest BCUT2D eigenvalue weighted by Gasteiger charge is -2.17. The molecule has 0 saturated carbocycles.